The van der Waals surface area contributed by atoms with E-state index in [2.05, 4.69) is 10.5 Å². The van der Waals surface area contributed by atoms with Crippen LogP contribution in [0.15, 0.2) is 53.1 Å². The largest absolute Gasteiger partial charge is 0.497 e. The lowest BCUT2D eigenvalue weighted by Crippen LogP contribution is -2.32. The van der Waals surface area contributed by atoms with Crippen molar-refractivity contribution >= 4 is 17.5 Å². The van der Waals surface area contributed by atoms with E-state index in [-0.39, 0.29) is 42.6 Å². The van der Waals surface area contributed by atoms with Gasteiger partial charge in [-0.15, -0.1) is 0 Å². The van der Waals surface area contributed by atoms with Gasteiger partial charge in [-0.2, -0.15) is 0 Å². The zero-order chi connectivity index (χ0) is 22.0. The average molecular weight is 427 g/mol. The Bertz CT molecular complexity index is 1110. The fourth-order valence-corrected chi connectivity index (χ4v) is 3.43. The van der Waals surface area contributed by atoms with E-state index in [9.17, 15) is 18.4 Å². The molecular formula is C22H19F2N3O4. The lowest BCUT2D eigenvalue weighted by Gasteiger charge is -2.17. The normalized spacial score (nSPS) is 15.9. The third-order valence-corrected chi connectivity index (χ3v) is 5.08. The van der Waals surface area contributed by atoms with Crippen LogP contribution >= 0.6 is 0 Å². The topological polar surface area (TPSA) is 84.7 Å². The van der Waals surface area contributed by atoms with E-state index in [0.717, 1.165) is 12.1 Å². The highest BCUT2D eigenvalue weighted by Crippen LogP contribution is 2.27. The Kier molecular flexibility index (Phi) is 5.66. The van der Waals surface area contributed by atoms with E-state index in [1.807, 2.05) is 0 Å². The highest BCUT2D eigenvalue weighted by Gasteiger charge is 2.35. The molecule has 3 aromatic rings. The molecule has 0 saturated carbocycles. The van der Waals surface area contributed by atoms with Crippen LogP contribution in [0, 0.1) is 17.6 Å². The highest BCUT2D eigenvalue weighted by molar-refractivity contribution is 6.00. The third-order valence-electron chi connectivity index (χ3n) is 5.08. The number of ether oxygens (including phenoxy) is 1. The molecular weight excluding hydrogens is 408 g/mol. The van der Waals surface area contributed by atoms with Crippen molar-refractivity contribution in [3.63, 3.8) is 0 Å². The Hall–Kier alpha value is -3.75. The maximum Gasteiger partial charge on any atom is 0.227 e. The second-order valence-electron chi connectivity index (χ2n) is 7.13. The number of hydrogen-bond donors (Lipinski definition) is 1. The Morgan fingerprint density at radius 1 is 1.23 bits per heavy atom. The number of methoxy groups -OCH3 is 1. The number of nitrogens with zero attached hydrogens (tertiary/aromatic N) is 2. The standard InChI is InChI=1S/C22H19F2N3O4/c1-30-17-5-3-16(4-6-17)27-12-13(8-21(27)28)22(29)25-11-15-10-20(31-26-15)18-7-2-14(23)9-19(18)24/h2-7,9-10,13H,8,11-12H2,1H3,(H,25,29)/t13-/m0/s1. The third kappa shape index (κ3) is 4.40. The van der Waals surface area contributed by atoms with E-state index >= 15 is 0 Å². The minimum atomic E-state index is -0.769. The van der Waals surface area contributed by atoms with Crippen LogP contribution in [-0.4, -0.2) is 30.6 Å². The van der Waals surface area contributed by atoms with Crippen LogP contribution in [0.25, 0.3) is 11.3 Å². The fraction of sp³-hybridized carbons (Fsp3) is 0.227. The number of halogens is 2. The average Bonchev–Trinajstić information content (AvgIpc) is 3.39. The Morgan fingerprint density at radius 2 is 2.00 bits per heavy atom. The van der Waals surface area contributed by atoms with Gasteiger partial charge in [-0.05, 0) is 36.4 Å². The number of benzene rings is 2. The summed E-state index contributed by atoms with van der Waals surface area (Å²) in [4.78, 5) is 26.5. The summed E-state index contributed by atoms with van der Waals surface area (Å²) in [6.07, 6.45) is 0.0999. The van der Waals surface area contributed by atoms with Gasteiger partial charge < -0.3 is 19.5 Å². The maximum atomic E-state index is 13.9. The van der Waals surface area contributed by atoms with Crippen LogP contribution in [0.3, 0.4) is 0 Å². The zero-order valence-electron chi connectivity index (χ0n) is 16.6. The molecule has 1 atom stereocenters. The molecule has 7 nitrogen and oxygen atoms in total. The van der Waals surface area contributed by atoms with E-state index < -0.39 is 17.6 Å². The number of carbonyl (C=O) groups excluding carboxylic acids is 2. The van der Waals surface area contributed by atoms with Crippen LogP contribution in [-0.2, 0) is 16.1 Å². The number of carbonyl (C=O) groups is 2. The fourth-order valence-electron chi connectivity index (χ4n) is 3.43. The van der Waals surface area contributed by atoms with E-state index in [1.54, 1.807) is 36.3 Å². The number of amides is 2. The molecule has 0 aliphatic carbocycles. The minimum absolute atomic E-state index is 0.0539. The van der Waals surface area contributed by atoms with Crippen LogP contribution < -0.4 is 15.0 Å². The van der Waals surface area contributed by atoms with Gasteiger partial charge in [-0.1, -0.05) is 5.16 Å². The first-order valence-electron chi connectivity index (χ1n) is 9.57. The number of nitrogens with one attached hydrogen (secondary N) is 1. The Labute approximate surface area is 176 Å². The maximum absolute atomic E-state index is 13.9. The first kappa shape index (κ1) is 20.5. The summed E-state index contributed by atoms with van der Waals surface area (Å²) >= 11 is 0. The molecule has 0 radical (unpaired) electrons. The van der Waals surface area contributed by atoms with Gasteiger partial charge in [0.05, 0.1) is 25.1 Å². The predicted molar refractivity (Wildman–Crippen MR) is 107 cm³/mol. The van der Waals surface area contributed by atoms with E-state index in [0.29, 0.717) is 17.1 Å². The molecule has 2 heterocycles. The van der Waals surface area contributed by atoms with Gasteiger partial charge in [-0.3, -0.25) is 9.59 Å². The van der Waals surface area contributed by atoms with Crippen molar-refractivity contribution in [3.8, 4) is 17.1 Å². The smallest absolute Gasteiger partial charge is 0.227 e. The summed E-state index contributed by atoms with van der Waals surface area (Å²) < 4.78 is 37.2. The van der Waals surface area contributed by atoms with Crippen LogP contribution in [0.4, 0.5) is 14.5 Å². The molecule has 1 N–H and O–H groups in total. The van der Waals surface area contributed by atoms with Crippen molar-refractivity contribution in [3.05, 3.63) is 65.9 Å². The molecule has 1 aromatic heterocycles. The van der Waals surface area contributed by atoms with Gasteiger partial charge in [0.1, 0.15) is 23.1 Å². The molecule has 4 rings (SSSR count). The van der Waals surface area contributed by atoms with Gasteiger partial charge in [0.2, 0.25) is 11.8 Å². The van der Waals surface area contributed by atoms with Crippen molar-refractivity contribution in [2.24, 2.45) is 5.92 Å². The SMILES string of the molecule is COc1ccc(N2C[C@@H](C(=O)NCc3cc(-c4ccc(F)cc4F)on3)CC2=O)cc1. The molecule has 0 spiro atoms. The lowest BCUT2D eigenvalue weighted by molar-refractivity contribution is -0.126. The first-order chi connectivity index (χ1) is 14.9. The van der Waals surface area contributed by atoms with Crippen molar-refractivity contribution in [1.29, 1.82) is 0 Å². The molecule has 160 valence electrons. The Balaban J connectivity index is 1.36. The zero-order valence-corrected chi connectivity index (χ0v) is 16.6. The number of aromatic nitrogens is 1. The second kappa shape index (κ2) is 8.55. The summed E-state index contributed by atoms with van der Waals surface area (Å²) in [5.74, 6) is -1.59. The van der Waals surface area contributed by atoms with Gasteiger partial charge >= 0.3 is 0 Å². The van der Waals surface area contributed by atoms with E-state index in [4.69, 9.17) is 9.26 Å². The van der Waals surface area contributed by atoms with Crippen LogP contribution in [0.5, 0.6) is 5.75 Å². The van der Waals surface area contributed by atoms with Gasteiger partial charge in [0.25, 0.3) is 0 Å². The second-order valence-corrected chi connectivity index (χ2v) is 7.13. The monoisotopic (exact) mass is 427 g/mol. The van der Waals surface area contributed by atoms with Gasteiger partial charge in [0, 0.05) is 30.8 Å². The summed E-state index contributed by atoms with van der Waals surface area (Å²) in [6.45, 7) is 0.320. The number of anilines is 1. The van der Waals surface area contributed by atoms with Crippen molar-refractivity contribution in [2.75, 3.05) is 18.6 Å². The molecule has 1 aliphatic heterocycles. The summed E-state index contributed by atoms with van der Waals surface area (Å²) in [5.41, 5.74) is 1.15. The van der Waals surface area contributed by atoms with Crippen molar-refractivity contribution in [2.45, 2.75) is 13.0 Å². The predicted octanol–water partition coefficient (Wildman–Crippen LogP) is 3.30. The molecule has 1 aliphatic rings. The van der Waals surface area contributed by atoms with E-state index in [1.165, 1.54) is 12.1 Å². The lowest BCUT2D eigenvalue weighted by atomic mass is 10.1. The number of rotatable bonds is 6. The molecule has 0 unspecified atom stereocenters. The van der Waals surface area contributed by atoms with Gasteiger partial charge in [-0.25, -0.2) is 8.78 Å². The molecule has 9 heteroatoms. The minimum Gasteiger partial charge on any atom is -0.497 e. The molecule has 1 fully saturated rings. The summed E-state index contributed by atoms with van der Waals surface area (Å²) in [6, 6.07) is 11.6. The summed E-state index contributed by atoms with van der Waals surface area (Å²) in [7, 11) is 1.56. The van der Waals surface area contributed by atoms with Crippen LogP contribution in [0.1, 0.15) is 12.1 Å². The quantitative estimate of drug-likeness (QED) is 0.653. The molecule has 0 bridgehead atoms. The molecule has 2 amide bonds. The van der Waals surface area contributed by atoms with Crippen molar-refractivity contribution < 1.29 is 27.6 Å². The number of hydrogen-bond acceptors (Lipinski definition) is 5. The van der Waals surface area contributed by atoms with Crippen LogP contribution in [0.2, 0.25) is 0 Å². The molecule has 31 heavy (non-hydrogen) atoms. The van der Waals surface area contributed by atoms with Gasteiger partial charge in [0.15, 0.2) is 5.76 Å². The first-order valence-corrected chi connectivity index (χ1v) is 9.57. The molecule has 1 saturated heterocycles. The van der Waals surface area contributed by atoms with Crippen molar-refractivity contribution in [1.82, 2.24) is 10.5 Å². The Morgan fingerprint density at radius 3 is 2.71 bits per heavy atom. The highest BCUT2D eigenvalue weighted by atomic mass is 19.1. The molecule has 2 aromatic carbocycles. The summed E-state index contributed by atoms with van der Waals surface area (Å²) in [5, 5.41) is 6.54.